The molecule has 1 aromatic carbocycles. The lowest BCUT2D eigenvalue weighted by atomic mass is 10.2. The van der Waals surface area contributed by atoms with Crippen molar-refractivity contribution in [1.29, 1.82) is 0 Å². The van der Waals surface area contributed by atoms with Crippen LogP contribution >= 0.6 is 0 Å². The predicted molar refractivity (Wildman–Crippen MR) is 55.0 cm³/mol. The Bertz CT molecular complexity index is 389. The molecule has 0 bridgehead atoms. The standard InChI is InChI=1S/C11H13NO4/c1-2-16-9-6-4-3-5-8(9)11(15)12-7-10(13)14/h3-6H,2,7H2,1H3,(H,12,15)(H,13,14)/p-1. The molecule has 1 amide bonds. The molecule has 0 saturated carbocycles. The van der Waals surface area contributed by atoms with E-state index in [2.05, 4.69) is 5.32 Å². The molecule has 0 fully saturated rings. The zero-order valence-electron chi connectivity index (χ0n) is 8.86. The number of nitrogens with one attached hydrogen (secondary N) is 1. The molecule has 0 aliphatic rings. The van der Waals surface area contributed by atoms with Crippen molar-refractivity contribution in [3.8, 4) is 5.75 Å². The molecule has 0 aliphatic heterocycles. The molecule has 0 heterocycles. The summed E-state index contributed by atoms with van der Waals surface area (Å²) in [6, 6.07) is 6.63. The fourth-order valence-corrected chi connectivity index (χ4v) is 1.18. The van der Waals surface area contributed by atoms with Gasteiger partial charge in [0.15, 0.2) is 0 Å². The van der Waals surface area contributed by atoms with E-state index in [1.807, 2.05) is 0 Å². The van der Waals surface area contributed by atoms with Crippen LogP contribution in [0.2, 0.25) is 0 Å². The highest BCUT2D eigenvalue weighted by Gasteiger charge is 2.10. The summed E-state index contributed by atoms with van der Waals surface area (Å²) in [6.07, 6.45) is 0. The Hall–Kier alpha value is -2.04. The quantitative estimate of drug-likeness (QED) is 0.732. The van der Waals surface area contributed by atoms with Crippen molar-refractivity contribution >= 4 is 11.9 Å². The molecular weight excluding hydrogens is 210 g/mol. The van der Waals surface area contributed by atoms with Crippen molar-refractivity contribution < 1.29 is 19.4 Å². The summed E-state index contributed by atoms with van der Waals surface area (Å²) in [4.78, 5) is 21.8. The normalized spacial score (nSPS) is 9.56. The third kappa shape index (κ3) is 3.27. The van der Waals surface area contributed by atoms with Crippen molar-refractivity contribution in [3.05, 3.63) is 29.8 Å². The number of aliphatic carboxylic acids is 1. The highest BCUT2D eigenvalue weighted by atomic mass is 16.5. The number of amides is 1. The van der Waals surface area contributed by atoms with Crippen molar-refractivity contribution in [1.82, 2.24) is 5.32 Å². The maximum absolute atomic E-state index is 11.6. The number of benzene rings is 1. The van der Waals surface area contributed by atoms with Crippen LogP contribution in [0.1, 0.15) is 17.3 Å². The van der Waals surface area contributed by atoms with Crippen LogP contribution in [0.5, 0.6) is 5.75 Å². The lowest BCUT2D eigenvalue weighted by molar-refractivity contribution is -0.303. The van der Waals surface area contributed by atoms with Crippen molar-refractivity contribution in [2.24, 2.45) is 0 Å². The first-order valence-electron chi connectivity index (χ1n) is 4.85. The van der Waals surface area contributed by atoms with Crippen molar-refractivity contribution in [2.45, 2.75) is 6.92 Å². The second kappa shape index (κ2) is 5.75. The van der Waals surface area contributed by atoms with Gasteiger partial charge in [0.1, 0.15) is 5.75 Å². The van der Waals surface area contributed by atoms with E-state index in [4.69, 9.17) is 4.74 Å². The van der Waals surface area contributed by atoms with Gasteiger partial charge in [0.25, 0.3) is 5.91 Å². The average Bonchev–Trinajstić information content (AvgIpc) is 2.27. The first-order valence-corrected chi connectivity index (χ1v) is 4.85. The van der Waals surface area contributed by atoms with Gasteiger partial charge in [-0.05, 0) is 19.1 Å². The third-order valence-corrected chi connectivity index (χ3v) is 1.82. The first-order chi connectivity index (χ1) is 7.65. The fourth-order valence-electron chi connectivity index (χ4n) is 1.18. The van der Waals surface area contributed by atoms with Crippen LogP contribution in [0.4, 0.5) is 0 Å². The molecule has 5 nitrogen and oxygen atoms in total. The van der Waals surface area contributed by atoms with Gasteiger partial charge in [-0.2, -0.15) is 0 Å². The molecule has 1 aromatic rings. The first kappa shape index (κ1) is 12.0. The van der Waals surface area contributed by atoms with Crippen molar-refractivity contribution in [3.63, 3.8) is 0 Å². The maximum Gasteiger partial charge on any atom is 0.255 e. The Kier molecular flexibility index (Phi) is 4.32. The summed E-state index contributed by atoms with van der Waals surface area (Å²) >= 11 is 0. The van der Waals surface area contributed by atoms with E-state index >= 15 is 0 Å². The number of carbonyl (C=O) groups is 2. The second-order valence-corrected chi connectivity index (χ2v) is 2.98. The number of hydrogen-bond donors (Lipinski definition) is 1. The van der Waals surface area contributed by atoms with E-state index in [-0.39, 0.29) is 0 Å². The Balaban J connectivity index is 2.77. The van der Waals surface area contributed by atoms with E-state index in [0.717, 1.165) is 0 Å². The summed E-state index contributed by atoms with van der Waals surface area (Å²) in [5.74, 6) is -1.39. The van der Waals surface area contributed by atoms with Crippen LogP contribution in [0.25, 0.3) is 0 Å². The van der Waals surface area contributed by atoms with E-state index in [9.17, 15) is 14.7 Å². The van der Waals surface area contributed by atoms with Crippen LogP contribution in [0, 0.1) is 0 Å². The van der Waals surface area contributed by atoms with Crippen LogP contribution in [0.3, 0.4) is 0 Å². The summed E-state index contributed by atoms with van der Waals surface area (Å²) in [5, 5.41) is 12.4. The van der Waals surface area contributed by atoms with Crippen LogP contribution in [-0.2, 0) is 4.79 Å². The molecule has 86 valence electrons. The average molecular weight is 222 g/mol. The topological polar surface area (TPSA) is 78.5 Å². The molecule has 1 N–H and O–H groups in total. The molecule has 0 saturated heterocycles. The monoisotopic (exact) mass is 222 g/mol. The summed E-state index contributed by atoms with van der Waals surface area (Å²) in [6.45, 7) is 1.72. The van der Waals surface area contributed by atoms with E-state index in [1.54, 1.807) is 31.2 Å². The summed E-state index contributed by atoms with van der Waals surface area (Å²) in [7, 11) is 0. The van der Waals surface area contributed by atoms with Gasteiger partial charge in [-0.25, -0.2) is 0 Å². The molecule has 0 unspecified atom stereocenters. The molecule has 0 aliphatic carbocycles. The minimum absolute atomic E-state index is 0.311. The number of hydrogen-bond acceptors (Lipinski definition) is 4. The van der Waals surface area contributed by atoms with E-state index < -0.39 is 18.4 Å². The largest absolute Gasteiger partial charge is 0.548 e. The number of carboxylic acids is 1. The fraction of sp³-hybridized carbons (Fsp3) is 0.273. The third-order valence-electron chi connectivity index (χ3n) is 1.82. The van der Waals surface area contributed by atoms with Gasteiger partial charge in [0, 0.05) is 0 Å². The van der Waals surface area contributed by atoms with Gasteiger partial charge in [0.2, 0.25) is 0 Å². The molecule has 0 atom stereocenters. The SMILES string of the molecule is CCOc1ccccc1C(=O)NCC(=O)[O-]. The zero-order chi connectivity index (χ0) is 12.0. The molecule has 0 spiro atoms. The second-order valence-electron chi connectivity index (χ2n) is 2.98. The molecular formula is C11H12NO4-. The number of para-hydroxylation sites is 1. The van der Waals surface area contributed by atoms with Gasteiger partial charge in [-0.3, -0.25) is 4.79 Å². The Morgan fingerprint density at radius 3 is 2.69 bits per heavy atom. The maximum atomic E-state index is 11.6. The highest BCUT2D eigenvalue weighted by Crippen LogP contribution is 2.17. The minimum atomic E-state index is -1.33. The number of carboxylic acid groups (broad SMARTS) is 1. The zero-order valence-corrected chi connectivity index (χ0v) is 8.86. The van der Waals surface area contributed by atoms with Crippen LogP contribution < -0.4 is 15.2 Å². The van der Waals surface area contributed by atoms with Gasteiger partial charge >= 0.3 is 0 Å². The molecule has 0 aromatic heterocycles. The summed E-state index contributed by atoms with van der Waals surface area (Å²) in [5.41, 5.74) is 0.311. The number of ether oxygens (including phenoxy) is 1. The Morgan fingerprint density at radius 2 is 2.06 bits per heavy atom. The number of carbonyl (C=O) groups excluding carboxylic acids is 2. The Labute approximate surface area is 93.0 Å². The summed E-state index contributed by atoms with van der Waals surface area (Å²) < 4.78 is 5.24. The Morgan fingerprint density at radius 1 is 1.38 bits per heavy atom. The van der Waals surface area contributed by atoms with Crippen molar-refractivity contribution in [2.75, 3.05) is 13.2 Å². The van der Waals surface area contributed by atoms with Gasteiger partial charge in [0.05, 0.1) is 24.7 Å². The van der Waals surface area contributed by atoms with Gasteiger partial charge < -0.3 is 20.0 Å². The molecule has 16 heavy (non-hydrogen) atoms. The predicted octanol–water partition coefficient (Wildman–Crippen LogP) is -0.435. The van der Waals surface area contributed by atoms with Crippen LogP contribution in [0.15, 0.2) is 24.3 Å². The van der Waals surface area contributed by atoms with Gasteiger partial charge in [-0.1, -0.05) is 12.1 Å². The smallest absolute Gasteiger partial charge is 0.255 e. The highest BCUT2D eigenvalue weighted by molar-refractivity contribution is 5.98. The minimum Gasteiger partial charge on any atom is -0.548 e. The van der Waals surface area contributed by atoms with Gasteiger partial charge in [-0.15, -0.1) is 0 Å². The van der Waals surface area contributed by atoms with Crippen LogP contribution in [-0.4, -0.2) is 25.0 Å². The molecule has 5 heteroatoms. The lowest BCUT2D eigenvalue weighted by Crippen LogP contribution is -2.37. The molecule has 0 radical (unpaired) electrons. The lowest BCUT2D eigenvalue weighted by Gasteiger charge is -2.10. The van der Waals surface area contributed by atoms with E-state index in [1.165, 1.54) is 0 Å². The number of rotatable bonds is 5. The molecule has 1 rings (SSSR count). The van der Waals surface area contributed by atoms with E-state index in [0.29, 0.717) is 17.9 Å².